The lowest BCUT2D eigenvalue weighted by atomic mass is 9.82. The van der Waals surface area contributed by atoms with E-state index in [4.69, 9.17) is 11.5 Å². The van der Waals surface area contributed by atoms with Gasteiger partial charge in [0.15, 0.2) is 0 Å². The Labute approximate surface area is 149 Å². The normalized spacial score (nSPS) is 16.8. The van der Waals surface area contributed by atoms with Gasteiger partial charge in [-0.1, -0.05) is 70.0 Å². The molecule has 4 unspecified atom stereocenters. The van der Waals surface area contributed by atoms with Gasteiger partial charge in [-0.2, -0.15) is 0 Å². The molecular weight excluding hydrogens is 404 g/mol. The van der Waals surface area contributed by atoms with Gasteiger partial charge in [0.1, 0.15) is 0 Å². The van der Waals surface area contributed by atoms with E-state index in [0.717, 1.165) is 8.95 Å². The minimum absolute atomic E-state index is 0.0974. The molecule has 4 N–H and O–H groups in total. The van der Waals surface area contributed by atoms with Crippen molar-refractivity contribution in [2.24, 2.45) is 11.5 Å². The highest BCUT2D eigenvalue weighted by Crippen LogP contribution is 2.27. The van der Waals surface area contributed by atoms with Crippen molar-refractivity contribution in [3.8, 4) is 0 Å². The molecular formula is C18H22Br2N2. The van der Waals surface area contributed by atoms with E-state index in [1.807, 2.05) is 24.3 Å². The van der Waals surface area contributed by atoms with Crippen LogP contribution in [0.15, 0.2) is 57.5 Å². The molecule has 2 aromatic carbocycles. The van der Waals surface area contributed by atoms with Crippen molar-refractivity contribution >= 4 is 31.9 Å². The summed E-state index contributed by atoms with van der Waals surface area (Å²) >= 11 is 6.92. The molecule has 4 atom stereocenters. The fourth-order valence-electron chi connectivity index (χ4n) is 2.64. The SMILES string of the molecule is CC(c1ccc(Br)cc1)C(N)C(N)C(C)c1ccc(Br)cc1. The van der Waals surface area contributed by atoms with Gasteiger partial charge in [0, 0.05) is 21.0 Å². The molecule has 0 spiro atoms. The molecule has 0 aliphatic rings. The van der Waals surface area contributed by atoms with Crippen LogP contribution in [0.25, 0.3) is 0 Å². The molecule has 2 aromatic rings. The van der Waals surface area contributed by atoms with Crippen LogP contribution in [-0.4, -0.2) is 12.1 Å². The monoisotopic (exact) mass is 424 g/mol. The second-order valence-electron chi connectivity index (χ2n) is 5.84. The lowest BCUT2D eigenvalue weighted by Gasteiger charge is -2.31. The smallest absolute Gasteiger partial charge is 0.0265 e. The van der Waals surface area contributed by atoms with Crippen LogP contribution in [-0.2, 0) is 0 Å². The molecule has 118 valence electrons. The van der Waals surface area contributed by atoms with E-state index >= 15 is 0 Å². The Kier molecular flexibility index (Phi) is 6.21. The van der Waals surface area contributed by atoms with Crippen LogP contribution in [0.4, 0.5) is 0 Å². The molecule has 4 heteroatoms. The highest BCUT2D eigenvalue weighted by molar-refractivity contribution is 9.10. The molecule has 2 nitrogen and oxygen atoms in total. The number of benzene rings is 2. The zero-order valence-corrected chi connectivity index (χ0v) is 16.0. The van der Waals surface area contributed by atoms with Gasteiger partial charge in [0.25, 0.3) is 0 Å². The molecule has 2 rings (SSSR count). The third-order valence-electron chi connectivity index (χ3n) is 4.39. The van der Waals surface area contributed by atoms with Crippen molar-refractivity contribution in [1.82, 2.24) is 0 Å². The summed E-state index contributed by atoms with van der Waals surface area (Å²) in [5, 5.41) is 0. The molecule has 0 heterocycles. The summed E-state index contributed by atoms with van der Waals surface area (Å²) in [6.45, 7) is 4.28. The van der Waals surface area contributed by atoms with E-state index in [1.165, 1.54) is 11.1 Å². The molecule has 0 aromatic heterocycles. The molecule has 22 heavy (non-hydrogen) atoms. The summed E-state index contributed by atoms with van der Waals surface area (Å²) in [7, 11) is 0. The van der Waals surface area contributed by atoms with Crippen molar-refractivity contribution in [2.75, 3.05) is 0 Å². The van der Waals surface area contributed by atoms with E-state index in [1.54, 1.807) is 0 Å². The Hall–Kier alpha value is -0.680. The third kappa shape index (κ3) is 4.19. The average Bonchev–Trinajstić information content (AvgIpc) is 2.53. The Morgan fingerprint density at radius 1 is 0.636 bits per heavy atom. The fraction of sp³-hybridized carbons (Fsp3) is 0.333. The highest BCUT2D eigenvalue weighted by Gasteiger charge is 2.26. The summed E-state index contributed by atoms with van der Waals surface area (Å²) < 4.78 is 2.15. The summed E-state index contributed by atoms with van der Waals surface area (Å²) in [5.74, 6) is 0.419. The van der Waals surface area contributed by atoms with Crippen LogP contribution in [0, 0.1) is 0 Å². The molecule has 0 fully saturated rings. The Balaban J connectivity index is 2.11. The number of rotatable bonds is 5. The first-order chi connectivity index (χ1) is 10.4. The maximum absolute atomic E-state index is 6.45. The topological polar surface area (TPSA) is 52.0 Å². The summed E-state index contributed by atoms with van der Waals surface area (Å²) in [4.78, 5) is 0. The largest absolute Gasteiger partial charge is 0.326 e. The maximum Gasteiger partial charge on any atom is 0.0265 e. The first kappa shape index (κ1) is 17.7. The highest BCUT2D eigenvalue weighted by atomic mass is 79.9. The van der Waals surface area contributed by atoms with Crippen LogP contribution >= 0.6 is 31.9 Å². The number of halogens is 2. The van der Waals surface area contributed by atoms with Crippen molar-refractivity contribution in [2.45, 2.75) is 37.8 Å². The zero-order valence-electron chi connectivity index (χ0n) is 12.8. The lowest BCUT2D eigenvalue weighted by molar-refractivity contribution is 0.419. The lowest BCUT2D eigenvalue weighted by Crippen LogP contribution is -2.47. The summed E-state index contributed by atoms with van der Waals surface area (Å²) in [6, 6.07) is 16.4. The zero-order chi connectivity index (χ0) is 16.3. The molecule has 0 saturated carbocycles. The molecule has 0 radical (unpaired) electrons. The minimum Gasteiger partial charge on any atom is -0.326 e. The Morgan fingerprint density at radius 2 is 0.909 bits per heavy atom. The first-order valence-corrected chi connectivity index (χ1v) is 9.01. The number of hydrogen-bond acceptors (Lipinski definition) is 2. The van der Waals surface area contributed by atoms with Gasteiger partial charge in [-0.25, -0.2) is 0 Å². The summed E-state index contributed by atoms with van der Waals surface area (Å²) in [6.07, 6.45) is 0. The Bertz CT molecular complexity index is 540. The van der Waals surface area contributed by atoms with Gasteiger partial charge >= 0.3 is 0 Å². The predicted molar refractivity (Wildman–Crippen MR) is 101 cm³/mol. The number of hydrogen-bond donors (Lipinski definition) is 2. The molecule has 0 bridgehead atoms. The van der Waals surface area contributed by atoms with Gasteiger partial charge in [-0.3, -0.25) is 0 Å². The predicted octanol–water partition coefficient (Wildman–Crippen LogP) is 4.77. The standard InChI is InChI=1S/C18H22Br2N2/c1-11(13-3-7-15(19)8-4-13)17(21)18(22)12(2)14-5-9-16(20)10-6-14/h3-12,17-18H,21-22H2,1-2H3. The summed E-state index contributed by atoms with van der Waals surface area (Å²) in [5.41, 5.74) is 15.3. The van der Waals surface area contributed by atoms with Crippen LogP contribution < -0.4 is 11.5 Å². The van der Waals surface area contributed by atoms with Gasteiger partial charge < -0.3 is 11.5 Å². The molecule has 0 aliphatic carbocycles. The minimum atomic E-state index is -0.0974. The van der Waals surface area contributed by atoms with Crippen LogP contribution in [0.5, 0.6) is 0 Å². The maximum atomic E-state index is 6.45. The van der Waals surface area contributed by atoms with E-state index in [9.17, 15) is 0 Å². The van der Waals surface area contributed by atoms with Gasteiger partial charge in [-0.15, -0.1) is 0 Å². The molecule has 0 saturated heterocycles. The van der Waals surface area contributed by atoms with E-state index in [2.05, 4.69) is 70.0 Å². The van der Waals surface area contributed by atoms with Crippen LogP contribution in [0.1, 0.15) is 36.8 Å². The van der Waals surface area contributed by atoms with Crippen LogP contribution in [0.2, 0.25) is 0 Å². The average molecular weight is 426 g/mol. The number of nitrogens with two attached hydrogens (primary N) is 2. The van der Waals surface area contributed by atoms with Gasteiger partial charge in [0.05, 0.1) is 0 Å². The van der Waals surface area contributed by atoms with Gasteiger partial charge in [0.2, 0.25) is 0 Å². The first-order valence-electron chi connectivity index (χ1n) is 7.42. The Morgan fingerprint density at radius 3 is 1.18 bits per heavy atom. The van der Waals surface area contributed by atoms with E-state index in [0.29, 0.717) is 0 Å². The van der Waals surface area contributed by atoms with Crippen molar-refractivity contribution < 1.29 is 0 Å². The second-order valence-corrected chi connectivity index (χ2v) is 7.67. The quantitative estimate of drug-likeness (QED) is 0.724. The second kappa shape index (κ2) is 7.73. The van der Waals surface area contributed by atoms with Crippen molar-refractivity contribution in [3.05, 3.63) is 68.6 Å². The third-order valence-corrected chi connectivity index (χ3v) is 5.45. The van der Waals surface area contributed by atoms with Gasteiger partial charge in [-0.05, 0) is 47.2 Å². The molecule has 0 amide bonds. The van der Waals surface area contributed by atoms with Crippen molar-refractivity contribution in [3.63, 3.8) is 0 Å². The van der Waals surface area contributed by atoms with Crippen LogP contribution in [0.3, 0.4) is 0 Å². The van der Waals surface area contributed by atoms with Crippen molar-refractivity contribution in [1.29, 1.82) is 0 Å². The van der Waals surface area contributed by atoms with E-state index in [-0.39, 0.29) is 23.9 Å². The molecule has 0 aliphatic heterocycles. The fourth-order valence-corrected chi connectivity index (χ4v) is 3.17. The van der Waals surface area contributed by atoms with E-state index < -0.39 is 0 Å².